The molecule has 2 aromatic heterocycles. The van der Waals surface area contributed by atoms with E-state index in [1.165, 1.54) is 12.1 Å². The minimum atomic E-state index is -4.70. The number of halogens is 3. The smallest absolute Gasteiger partial charge is 0.404 e. The topological polar surface area (TPSA) is 50.3 Å². The first kappa shape index (κ1) is 17.5. The molecular formula is C17H19F3N4O. The molecule has 0 saturated carbocycles. The zero-order valence-electron chi connectivity index (χ0n) is 13.5. The second-order valence-electron chi connectivity index (χ2n) is 5.94. The highest BCUT2D eigenvalue weighted by atomic mass is 19.4. The van der Waals surface area contributed by atoms with Crippen LogP contribution in [0.3, 0.4) is 0 Å². The van der Waals surface area contributed by atoms with Crippen LogP contribution in [0.2, 0.25) is 0 Å². The Labute approximate surface area is 143 Å². The molecule has 0 radical (unpaired) electrons. The highest BCUT2D eigenvalue weighted by molar-refractivity contribution is 5.38. The zero-order chi connectivity index (χ0) is 17.7. The highest BCUT2D eigenvalue weighted by Gasteiger charge is 2.31. The number of ether oxygens (including phenoxy) is 1. The summed E-state index contributed by atoms with van der Waals surface area (Å²) < 4.78 is 40.2. The molecule has 8 heteroatoms. The van der Waals surface area contributed by atoms with Crippen LogP contribution in [0.15, 0.2) is 42.7 Å². The fourth-order valence-electron chi connectivity index (χ4n) is 2.82. The number of hydrogen-bond acceptors (Lipinski definition) is 5. The quantitative estimate of drug-likeness (QED) is 0.893. The maximum Gasteiger partial charge on any atom is 0.573 e. The Kier molecular flexibility index (Phi) is 5.37. The average Bonchev–Trinajstić information content (AvgIpc) is 2.58. The van der Waals surface area contributed by atoms with E-state index in [-0.39, 0.29) is 11.8 Å². The first-order valence-corrected chi connectivity index (χ1v) is 8.08. The summed E-state index contributed by atoms with van der Waals surface area (Å²) in [5.74, 6) is 0.237. The van der Waals surface area contributed by atoms with Crippen molar-refractivity contribution in [3.05, 3.63) is 48.4 Å². The predicted molar refractivity (Wildman–Crippen MR) is 87.1 cm³/mol. The molecule has 2 aromatic rings. The summed E-state index contributed by atoms with van der Waals surface area (Å²) >= 11 is 0. The van der Waals surface area contributed by atoms with Crippen molar-refractivity contribution >= 4 is 5.82 Å². The largest absolute Gasteiger partial charge is 0.573 e. The molecule has 5 nitrogen and oxygen atoms in total. The Morgan fingerprint density at radius 2 is 1.92 bits per heavy atom. The van der Waals surface area contributed by atoms with Crippen LogP contribution < -0.4 is 10.1 Å². The molecule has 25 heavy (non-hydrogen) atoms. The second kappa shape index (κ2) is 7.69. The van der Waals surface area contributed by atoms with Crippen molar-refractivity contribution in [3.8, 4) is 5.75 Å². The van der Waals surface area contributed by atoms with Crippen LogP contribution in [0, 0.1) is 0 Å². The summed E-state index contributed by atoms with van der Waals surface area (Å²) in [6.07, 6.45) is 0.0508. The van der Waals surface area contributed by atoms with Crippen LogP contribution in [0.5, 0.6) is 5.75 Å². The molecule has 1 saturated heterocycles. The first-order chi connectivity index (χ1) is 12.0. The fraction of sp³-hybridized carbons (Fsp3) is 0.412. The molecule has 134 valence electrons. The zero-order valence-corrected chi connectivity index (χ0v) is 13.5. The van der Waals surface area contributed by atoms with Gasteiger partial charge in [0.1, 0.15) is 11.6 Å². The number of piperidine rings is 1. The molecular weight excluding hydrogens is 333 g/mol. The van der Waals surface area contributed by atoms with Crippen LogP contribution in [0.4, 0.5) is 19.0 Å². The molecule has 3 rings (SSSR count). The lowest BCUT2D eigenvalue weighted by Gasteiger charge is -2.32. The SMILES string of the molecule is FC(F)(F)Oc1ccc(NC2CCN(Cc3ccccn3)CC2)nc1. The van der Waals surface area contributed by atoms with Crippen molar-refractivity contribution in [2.24, 2.45) is 0 Å². The van der Waals surface area contributed by atoms with Gasteiger partial charge in [-0.25, -0.2) is 4.98 Å². The Hall–Kier alpha value is -2.35. The Morgan fingerprint density at radius 3 is 2.52 bits per heavy atom. The van der Waals surface area contributed by atoms with E-state index >= 15 is 0 Å². The number of likely N-dealkylation sites (tertiary alicyclic amines) is 1. The number of hydrogen-bond donors (Lipinski definition) is 1. The minimum absolute atomic E-state index is 0.252. The van der Waals surface area contributed by atoms with Gasteiger partial charge < -0.3 is 10.1 Å². The lowest BCUT2D eigenvalue weighted by molar-refractivity contribution is -0.274. The van der Waals surface area contributed by atoms with Crippen molar-refractivity contribution in [2.75, 3.05) is 18.4 Å². The number of nitrogens with zero attached hydrogens (tertiary/aromatic N) is 3. The van der Waals surface area contributed by atoms with Gasteiger partial charge in [-0.05, 0) is 37.1 Å². The van der Waals surface area contributed by atoms with E-state index in [0.29, 0.717) is 5.82 Å². The van der Waals surface area contributed by atoms with Gasteiger partial charge in [-0.2, -0.15) is 0 Å². The Balaban J connectivity index is 1.46. The van der Waals surface area contributed by atoms with E-state index in [1.54, 1.807) is 6.20 Å². The summed E-state index contributed by atoms with van der Waals surface area (Å²) in [6.45, 7) is 2.70. The number of pyridine rings is 2. The molecule has 0 aromatic carbocycles. The van der Waals surface area contributed by atoms with Crippen molar-refractivity contribution in [1.82, 2.24) is 14.9 Å². The Bertz CT molecular complexity index is 656. The number of rotatable bonds is 5. The van der Waals surface area contributed by atoms with Gasteiger partial charge in [0.2, 0.25) is 0 Å². The highest BCUT2D eigenvalue weighted by Crippen LogP contribution is 2.23. The van der Waals surface area contributed by atoms with E-state index in [0.717, 1.165) is 44.4 Å². The van der Waals surface area contributed by atoms with Crippen LogP contribution in [-0.4, -0.2) is 40.4 Å². The molecule has 3 heterocycles. The number of alkyl halides is 3. The number of anilines is 1. The van der Waals surface area contributed by atoms with Crippen molar-refractivity contribution < 1.29 is 17.9 Å². The molecule has 0 unspecified atom stereocenters. The molecule has 0 aliphatic carbocycles. The molecule has 1 N–H and O–H groups in total. The van der Waals surface area contributed by atoms with Crippen LogP contribution in [-0.2, 0) is 6.54 Å². The molecule has 0 spiro atoms. The summed E-state index contributed by atoms with van der Waals surface area (Å²) in [7, 11) is 0. The van der Waals surface area contributed by atoms with E-state index in [2.05, 4.69) is 24.9 Å². The molecule has 0 bridgehead atoms. The van der Waals surface area contributed by atoms with Crippen molar-refractivity contribution in [2.45, 2.75) is 31.8 Å². The first-order valence-electron chi connectivity index (χ1n) is 8.08. The lowest BCUT2D eigenvalue weighted by Crippen LogP contribution is -2.38. The maximum absolute atomic E-state index is 12.1. The van der Waals surface area contributed by atoms with Crippen molar-refractivity contribution in [3.63, 3.8) is 0 Å². The van der Waals surface area contributed by atoms with E-state index < -0.39 is 6.36 Å². The van der Waals surface area contributed by atoms with Gasteiger partial charge in [0.15, 0.2) is 0 Å². The fourth-order valence-corrected chi connectivity index (χ4v) is 2.82. The normalized spacial score (nSPS) is 16.6. The van der Waals surface area contributed by atoms with Crippen LogP contribution in [0.1, 0.15) is 18.5 Å². The standard InChI is InChI=1S/C17H19F3N4O/c18-17(19,20)25-15-4-5-16(22-11-15)23-13-6-9-24(10-7-13)12-14-3-1-2-8-21-14/h1-5,8,11,13H,6-7,9-10,12H2,(H,22,23). The Morgan fingerprint density at radius 1 is 1.12 bits per heavy atom. The molecule has 1 aliphatic rings. The summed E-state index contributed by atoms with van der Waals surface area (Å²) in [5.41, 5.74) is 1.05. The van der Waals surface area contributed by atoms with E-state index in [4.69, 9.17) is 0 Å². The maximum atomic E-state index is 12.1. The lowest BCUT2D eigenvalue weighted by atomic mass is 10.0. The van der Waals surface area contributed by atoms with Gasteiger partial charge in [-0.1, -0.05) is 6.07 Å². The van der Waals surface area contributed by atoms with Gasteiger partial charge in [0, 0.05) is 31.9 Å². The third kappa shape index (κ3) is 5.60. The monoisotopic (exact) mass is 352 g/mol. The van der Waals surface area contributed by atoms with Crippen LogP contribution in [0.25, 0.3) is 0 Å². The predicted octanol–water partition coefficient (Wildman–Crippen LogP) is 3.45. The summed E-state index contributed by atoms with van der Waals surface area (Å²) in [5, 5.41) is 3.27. The molecule has 1 fully saturated rings. The second-order valence-corrected chi connectivity index (χ2v) is 5.94. The van der Waals surface area contributed by atoms with Crippen LogP contribution >= 0.6 is 0 Å². The molecule has 1 aliphatic heterocycles. The van der Waals surface area contributed by atoms with Gasteiger partial charge >= 0.3 is 6.36 Å². The van der Waals surface area contributed by atoms with E-state index in [9.17, 15) is 13.2 Å². The summed E-state index contributed by atoms with van der Waals surface area (Å²) in [6, 6.07) is 8.91. The van der Waals surface area contributed by atoms with Gasteiger partial charge in [0.25, 0.3) is 0 Å². The number of aromatic nitrogens is 2. The minimum Gasteiger partial charge on any atom is -0.404 e. The molecule has 0 atom stereocenters. The van der Waals surface area contributed by atoms with Gasteiger partial charge in [0.05, 0.1) is 11.9 Å². The molecule has 0 amide bonds. The third-order valence-corrected chi connectivity index (χ3v) is 4.02. The average molecular weight is 352 g/mol. The third-order valence-electron chi connectivity index (χ3n) is 4.02. The van der Waals surface area contributed by atoms with Gasteiger partial charge in [-0.3, -0.25) is 9.88 Å². The van der Waals surface area contributed by atoms with Crippen molar-refractivity contribution in [1.29, 1.82) is 0 Å². The van der Waals surface area contributed by atoms with Gasteiger partial charge in [-0.15, -0.1) is 13.2 Å². The summed E-state index contributed by atoms with van der Waals surface area (Å²) in [4.78, 5) is 10.7. The number of nitrogens with one attached hydrogen (secondary N) is 1. The van der Waals surface area contributed by atoms with E-state index in [1.807, 2.05) is 18.2 Å².